The van der Waals surface area contributed by atoms with Crippen molar-refractivity contribution in [2.45, 2.75) is 69.7 Å². The first kappa shape index (κ1) is 29.9. The van der Waals surface area contributed by atoms with Crippen molar-refractivity contribution < 1.29 is 43.1 Å². The minimum absolute atomic E-state index is 0.0275. The fraction of sp³-hybridized carbons (Fsp3) is 0.692. The molecule has 39 heavy (non-hydrogen) atoms. The van der Waals surface area contributed by atoms with Crippen LogP contribution in [0.25, 0.3) is 0 Å². The van der Waals surface area contributed by atoms with E-state index < -0.39 is 31.4 Å². The van der Waals surface area contributed by atoms with Crippen LogP contribution in [-0.4, -0.2) is 87.6 Å². The van der Waals surface area contributed by atoms with Crippen molar-refractivity contribution in [2.75, 3.05) is 37.6 Å². The number of nitrogens with one attached hydrogen (secondary N) is 1. The first-order valence-corrected chi connectivity index (χ1v) is 15.2. The average Bonchev–Trinajstić information content (AvgIpc) is 3.46. The van der Waals surface area contributed by atoms with Crippen molar-refractivity contribution in [1.29, 1.82) is 0 Å². The van der Waals surface area contributed by atoms with E-state index in [4.69, 9.17) is 24.0 Å². The fourth-order valence-corrected chi connectivity index (χ4v) is 6.40. The van der Waals surface area contributed by atoms with E-state index in [2.05, 4.69) is 33.3 Å². The van der Waals surface area contributed by atoms with E-state index in [0.29, 0.717) is 12.5 Å². The number of aliphatic hydroxyl groups excluding tert-OH is 1. The summed E-state index contributed by atoms with van der Waals surface area (Å²) < 4.78 is 29.5. The zero-order valence-electron chi connectivity index (χ0n) is 22.0. The molecule has 2 saturated carbocycles. The number of amides is 2. The van der Waals surface area contributed by atoms with Crippen LogP contribution in [0, 0.1) is 11.3 Å². The number of anilines is 1. The van der Waals surface area contributed by atoms with E-state index in [1.807, 2.05) is 6.07 Å². The number of nitrogens with zero attached hydrogens (tertiary/aromatic N) is 2. The summed E-state index contributed by atoms with van der Waals surface area (Å²) >= 11 is 0. The SMILES string of the molecule is O=C1NC(=O)C2(CCCN3CCN(c4ccccc4OC4CCCC4)CC3)CC(F)C(O)CC12.O=P(O)(O)O. The molecule has 11 nitrogen and oxygen atoms in total. The number of benzene rings is 1. The summed E-state index contributed by atoms with van der Waals surface area (Å²) in [4.78, 5) is 51.2. The molecule has 0 bridgehead atoms. The van der Waals surface area contributed by atoms with Crippen LogP contribution in [0.2, 0.25) is 0 Å². The Morgan fingerprint density at radius 1 is 1.08 bits per heavy atom. The number of hydrogen-bond acceptors (Lipinski definition) is 7. The Balaban J connectivity index is 0.000000648. The summed E-state index contributed by atoms with van der Waals surface area (Å²) in [6.45, 7) is 4.42. The predicted molar refractivity (Wildman–Crippen MR) is 141 cm³/mol. The van der Waals surface area contributed by atoms with E-state index in [1.165, 1.54) is 12.8 Å². The molecule has 2 heterocycles. The molecule has 5 N–H and O–H groups in total. The number of alkyl halides is 1. The lowest BCUT2D eigenvalue weighted by molar-refractivity contribution is -0.137. The predicted octanol–water partition coefficient (Wildman–Crippen LogP) is 1.73. The third-order valence-electron chi connectivity index (χ3n) is 8.40. The van der Waals surface area contributed by atoms with Gasteiger partial charge in [0.2, 0.25) is 11.8 Å². The van der Waals surface area contributed by atoms with Crippen LogP contribution in [0.15, 0.2) is 24.3 Å². The van der Waals surface area contributed by atoms with Crippen LogP contribution in [0.1, 0.15) is 51.4 Å². The smallest absolute Gasteiger partial charge is 0.466 e. The maximum Gasteiger partial charge on any atom is 0.466 e. The first-order valence-electron chi connectivity index (χ1n) is 13.6. The number of piperazine rings is 1. The molecular weight excluding hydrogens is 532 g/mol. The van der Waals surface area contributed by atoms with E-state index in [9.17, 15) is 19.1 Å². The number of imide groups is 1. The molecule has 0 aromatic heterocycles. The number of aliphatic hydroxyl groups is 1. The zero-order valence-corrected chi connectivity index (χ0v) is 22.8. The topological polar surface area (TPSA) is 160 Å². The van der Waals surface area contributed by atoms with Gasteiger partial charge in [-0.1, -0.05) is 12.1 Å². The van der Waals surface area contributed by atoms with Crippen LogP contribution in [0.3, 0.4) is 0 Å². The third-order valence-corrected chi connectivity index (χ3v) is 8.40. The van der Waals surface area contributed by atoms with Gasteiger partial charge >= 0.3 is 7.82 Å². The molecule has 4 atom stereocenters. The standard InChI is InChI=1S/C26H36FN3O4.H3O4P/c27-20-17-26(19(16-22(20)31)24(32)28-25(26)33)10-5-11-29-12-14-30(15-13-29)21-8-3-4-9-23(21)34-18-6-1-2-7-18;1-5(2,3)4/h3-4,8-9,18-20,22,31H,1-2,5-7,10-17H2,(H,28,32,33);(H3,1,2,3,4). The molecule has 5 rings (SSSR count). The molecule has 0 spiro atoms. The Bertz CT molecular complexity index is 1050. The van der Waals surface area contributed by atoms with Crippen molar-refractivity contribution in [3.8, 4) is 5.75 Å². The van der Waals surface area contributed by atoms with Gasteiger partial charge in [-0.2, -0.15) is 0 Å². The van der Waals surface area contributed by atoms with Crippen molar-refractivity contribution in [2.24, 2.45) is 11.3 Å². The minimum atomic E-state index is -4.64. The van der Waals surface area contributed by atoms with E-state index in [-0.39, 0.29) is 24.7 Å². The number of para-hydroxylation sites is 2. The molecule has 2 saturated heterocycles. The maximum atomic E-state index is 14.3. The summed E-state index contributed by atoms with van der Waals surface area (Å²) in [6, 6.07) is 8.31. The highest BCUT2D eigenvalue weighted by Gasteiger charge is 2.59. The van der Waals surface area contributed by atoms with E-state index >= 15 is 0 Å². The average molecular weight is 572 g/mol. The van der Waals surface area contributed by atoms with Gasteiger partial charge in [0.25, 0.3) is 0 Å². The highest BCUT2D eigenvalue weighted by molar-refractivity contribution is 7.45. The molecule has 2 amide bonds. The number of rotatable bonds is 7. The monoisotopic (exact) mass is 571 g/mol. The second kappa shape index (κ2) is 12.6. The lowest BCUT2D eigenvalue weighted by Gasteiger charge is -2.40. The first-order chi connectivity index (χ1) is 18.5. The largest absolute Gasteiger partial charge is 0.488 e. The molecule has 0 radical (unpaired) electrons. The zero-order chi connectivity index (χ0) is 28.2. The number of carbonyl (C=O) groups is 2. The normalized spacial score (nSPS) is 30.0. The lowest BCUT2D eigenvalue weighted by Crippen LogP contribution is -2.48. The number of phosphoric acid groups is 1. The van der Waals surface area contributed by atoms with E-state index in [0.717, 1.165) is 63.4 Å². The highest BCUT2D eigenvalue weighted by atomic mass is 31.2. The van der Waals surface area contributed by atoms with Crippen LogP contribution in [0.4, 0.5) is 10.1 Å². The van der Waals surface area contributed by atoms with Gasteiger partial charge in [-0.05, 0) is 70.0 Å². The Morgan fingerprint density at radius 2 is 1.72 bits per heavy atom. The Kier molecular flexibility index (Phi) is 9.67. The van der Waals surface area contributed by atoms with Gasteiger partial charge in [0.05, 0.1) is 29.2 Å². The van der Waals surface area contributed by atoms with Crippen LogP contribution in [-0.2, 0) is 14.2 Å². The summed E-state index contributed by atoms with van der Waals surface area (Å²) in [5.41, 5.74) is 0.153. The van der Waals surface area contributed by atoms with Gasteiger partial charge < -0.3 is 29.4 Å². The Hall–Kier alpha value is -2.08. The quantitative estimate of drug-likeness (QED) is 0.241. The lowest BCUT2D eigenvalue weighted by atomic mass is 9.64. The fourth-order valence-electron chi connectivity index (χ4n) is 6.40. The number of hydrogen-bond donors (Lipinski definition) is 5. The third kappa shape index (κ3) is 7.56. The number of fused-ring (bicyclic) bond motifs is 1. The van der Waals surface area contributed by atoms with Gasteiger partial charge in [-0.15, -0.1) is 0 Å². The van der Waals surface area contributed by atoms with Crippen LogP contribution in [0.5, 0.6) is 5.75 Å². The molecule has 2 aliphatic heterocycles. The molecule has 4 unspecified atom stereocenters. The van der Waals surface area contributed by atoms with Gasteiger partial charge in [0, 0.05) is 26.2 Å². The molecule has 4 fully saturated rings. The van der Waals surface area contributed by atoms with Gasteiger partial charge in [-0.25, -0.2) is 8.96 Å². The van der Waals surface area contributed by atoms with Crippen molar-refractivity contribution in [3.63, 3.8) is 0 Å². The number of halogens is 1. The van der Waals surface area contributed by atoms with Gasteiger partial charge in [0.15, 0.2) is 0 Å². The van der Waals surface area contributed by atoms with Crippen molar-refractivity contribution in [3.05, 3.63) is 24.3 Å². The summed E-state index contributed by atoms with van der Waals surface area (Å²) in [6.07, 6.45) is 3.63. The molecule has 1 aromatic rings. The maximum absolute atomic E-state index is 14.3. The van der Waals surface area contributed by atoms with Crippen LogP contribution >= 0.6 is 7.82 Å². The highest BCUT2D eigenvalue weighted by Crippen LogP contribution is 2.49. The number of carbonyl (C=O) groups excluding carboxylic acids is 2. The van der Waals surface area contributed by atoms with Crippen LogP contribution < -0.4 is 15.0 Å². The summed E-state index contributed by atoms with van der Waals surface area (Å²) in [5.74, 6) is -0.357. The number of ether oxygens (including phenoxy) is 1. The molecule has 13 heteroatoms. The Labute approximate surface area is 227 Å². The molecule has 218 valence electrons. The molecule has 2 aliphatic carbocycles. The van der Waals surface area contributed by atoms with Gasteiger partial charge in [-0.3, -0.25) is 19.8 Å². The summed E-state index contributed by atoms with van der Waals surface area (Å²) in [5, 5.41) is 12.3. The van der Waals surface area contributed by atoms with Crippen molar-refractivity contribution in [1.82, 2.24) is 10.2 Å². The van der Waals surface area contributed by atoms with Crippen molar-refractivity contribution >= 4 is 25.3 Å². The van der Waals surface area contributed by atoms with Gasteiger partial charge in [0.1, 0.15) is 11.9 Å². The Morgan fingerprint density at radius 3 is 2.38 bits per heavy atom. The second-order valence-corrected chi connectivity index (χ2v) is 12.0. The molecule has 4 aliphatic rings. The molecule has 1 aromatic carbocycles. The summed E-state index contributed by atoms with van der Waals surface area (Å²) in [7, 11) is -4.64. The second-order valence-electron chi connectivity index (χ2n) is 11.0. The molecular formula is C26H39FN3O8P. The minimum Gasteiger partial charge on any atom is -0.488 e. The van der Waals surface area contributed by atoms with E-state index in [1.54, 1.807) is 0 Å².